The second-order valence-corrected chi connectivity index (χ2v) is 7.47. The highest BCUT2D eigenvalue weighted by Crippen LogP contribution is 2.15. The summed E-state index contributed by atoms with van der Waals surface area (Å²) < 4.78 is 31.4. The predicted octanol–water partition coefficient (Wildman–Crippen LogP) is 1.11. The van der Waals surface area contributed by atoms with Crippen LogP contribution in [-0.2, 0) is 14.8 Å². The van der Waals surface area contributed by atoms with Gasteiger partial charge in [-0.25, -0.2) is 13.1 Å². The van der Waals surface area contributed by atoms with Crippen LogP contribution < -0.4 is 10.0 Å². The molecule has 0 aromatic heterocycles. The maximum absolute atomic E-state index is 11.7. The Labute approximate surface area is 117 Å². The van der Waals surface area contributed by atoms with Crippen molar-refractivity contribution in [3.05, 3.63) is 0 Å². The van der Waals surface area contributed by atoms with Crippen molar-refractivity contribution in [1.82, 2.24) is 10.0 Å². The summed E-state index contributed by atoms with van der Waals surface area (Å²) in [5, 5.41) is 3.28. The van der Waals surface area contributed by atoms with Gasteiger partial charge in [0, 0.05) is 25.8 Å². The van der Waals surface area contributed by atoms with Crippen LogP contribution in [-0.4, -0.2) is 46.5 Å². The van der Waals surface area contributed by atoms with E-state index in [1.54, 1.807) is 0 Å². The Morgan fingerprint density at radius 1 is 1.26 bits per heavy atom. The number of sulfonamides is 1. The van der Waals surface area contributed by atoms with Crippen molar-refractivity contribution in [1.29, 1.82) is 0 Å². The number of rotatable bonds is 10. The lowest BCUT2D eigenvalue weighted by Gasteiger charge is -2.10. The zero-order chi connectivity index (χ0) is 14.1. The molecule has 1 atom stereocenters. The lowest BCUT2D eigenvalue weighted by atomic mass is 10.1. The Morgan fingerprint density at radius 2 is 2.05 bits per heavy atom. The van der Waals surface area contributed by atoms with Gasteiger partial charge in [0.2, 0.25) is 10.0 Å². The van der Waals surface area contributed by atoms with Crippen LogP contribution in [0.2, 0.25) is 0 Å². The van der Waals surface area contributed by atoms with Crippen molar-refractivity contribution in [2.45, 2.75) is 45.6 Å². The first-order valence-corrected chi connectivity index (χ1v) is 8.93. The fourth-order valence-corrected chi connectivity index (χ4v) is 3.27. The molecular weight excluding hydrogens is 264 g/mol. The van der Waals surface area contributed by atoms with E-state index in [1.807, 2.05) is 0 Å². The van der Waals surface area contributed by atoms with Crippen molar-refractivity contribution >= 4 is 10.0 Å². The quantitative estimate of drug-likeness (QED) is 0.592. The van der Waals surface area contributed by atoms with E-state index in [0.717, 1.165) is 39.0 Å². The van der Waals surface area contributed by atoms with E-state index in [2.05, 4.69) is 23.9 Å². The van der Waals surface area contributed by atoms with E-state index in [-0.39, 0.29) is 5.75 Å². The zero-order valence-corrected chi connectivity index (χ0v) is 13.0. The molecule has 1 fully saturated rings. The average molecular weight is 292 g/mol. The molecule has 1 aliphatic rings. The van der Waals surface area contributed by atoms with Gasteiger partial charge in [0.15, 0.2) is 0 Å². The Morgan fingerprint density at radius 3 is 2.68 bits per heavy atom. The molecule has 1 heterocycles. The van der Waals surface area contributed by atoms with Gasteiger partial charge in [0.1, 0.15) is 0 Å². The molecule has 2 N–H and O–H groups in total. The van der Waals surface area contributed by atoms with E-state index >= 15 is 0 Å². The molecule has 0 radical (unpaired) electrons. The minimum absolute atomic E-state index is 0.230. The summed E-state index contributed by atoms with van der Waals surface area (Å²) in [6.07, 6.45) is 3.55. The molecule has 0 saturated carbocycles. The second-order valence-electron chi connectivity index (χ2n) is 5.55. The van der Waals surface area contributed by atoms with Gasteiger partial charge in [0.25, 0.3) is 0 Å². The maximum Gasteiger partial charge on any atom is 0.211 e. The zero-order valence-electron chi connectivity index (χ0n) is 12.2. The average Bonchev–Trinajstić information content (AvgIpc) is 2.80. The van der Waals surface area contributed by atoms with Gasteiger partial charge in [-0.15, -0.1) is 0 Å². The molecule has 1 saturated heterocycles. The topological polar surface area (TPSA) is 67.4 Å². The second kappa shape index (κ2) is 8.89. The number of hydrogen-bond donors (Lipinski definition) is 2. The summed E-state index contributed by atoms with van der Waals surface area (Å²) in [5.74, 6) is 0.756. The van der Waals surface area contributed by atoms with E-state index in [4.69, 9.17) is 4.74 Å². The molecule has 0 bridgehead atoms. The van der Waals surface area contributed by atoms with Gasteiger partial charge in [-0.3, -0.25) is 0 Å². The van der Waals surface area contributed by atoms with Crippen LogP contribution in [0, 0.1) is 5.92 Å². The number of nitrogens with one attached hydrogen (secondary N) is 2. The Kier molecular flexibility index (Phi) is 7.90. The molecule has 1 rings (SSSR count). The van der Waals surface area contributed by atoms with Crippen molar-refractivity contribution < 1.29 is 13.2 Å². The van der Waals surface area contributed by atoms with E-state index < -0.39 is 10.0 Å². The van der Waals surface area contributed by atoms with E-state index in [0.29, 0.717) is 24.9 Å². The summed E-state index contributed by atoms with van der Waals surface area (Å²) >= 11 is 0. The number of hydrogen-bond acceptors (Lipinski definition) is 4. The van der Waals surface area contributed by atoms with E-state index in [1.165, 1.54) is 0 Å². The molecule has 0 spiro atoms. The maximum atomic E-state index is 11.7. The fourth-order valence-electron chi connectivity index (χ4n) is 2.11. The van der Waals surface area contributed by atoms with Crippen LogP contribution in [0.3, 0.4) is 0 Å². The van der Waals surface area contributed by atoms with E-state index in [9.17, 15) is 8.42 Å². The van der Waals surface area contributed by atoms with Gasteiger partial charge in [-0.2, -0.15) is 0 Å². The Hall–Kier alpha value is -0.170. The van der Waals surface area contributed by atoms with Crippen LogP contribution in [0.15, 0.2) is 0 Å². The van der Waals surface area contributed by atoms with Crippen LogP contribution in [0.5, 0.6) is 0 Å². The van der Waals surface area contributed by atoms with Crippen LogP contribution in [0.4, 0.5) is 0 Å². The largest absolute Gasteiger partial charge is 0.381 e. The summed E-state index contributed by atoms with van der Waals surface area (Å²) in [5.41, 5.74) is 0. The van der Waals surface area contributed by atoms with Crippen LogP contribution in [0.25, 0.3) is 0 Å². The molecule has 19 heavy (non-hydrogen) atoms. The number of unbranched alkanes of at least 4 members (excludes halogenated alkanes) is 1. The lowest BCUT2D eigenvalue weighted by Crippen LogP contribution is -2.29. The Balaban J connectivity index is 2.03. The molecule has 6 heteroatoms. The molecule has 1 unspecified atom stereocenters. The molecule has 5 nitrogen and oxygen atoms in total. The molecule has 0 aromatic carbocycles. The monoisotopic (exact) mass is 292 g/mol. The smallest absolute Gasteiger partial charge is 0.211 e. The van der Waals surface area contributed by atoms with Crippen molar-refractivity contribution in [3.8, 4) is 0 Å². The van der Waals surface area contributed by atoms with Gasteiger partial charge < -0.3 is 10.1 Å². The number of ether oxygens (including phenoxy) is 1. The van der Waals surface area contributed by atoms with Crippen molar-refractivity contribution in [2.24, 2.45) is 5.92 Å². The molecule has 0 aromatic rings. The highest BCUT2D eigenvalue weighted by molar-refractivity contribution is 7.89. The third-order valence-electron chi connectivity index (χ3n) is 3.29. The highest BCUT2D eigenvalue weighted by Gasteiger charge is 2.16. The Bertz CT molecular complexity index is 325. The first-order valence-electron chi connectivity index (χ1n) is 7.28. The highest BCUT2D eigenvalue weighted by atomic mass is 32.2. The van der Waals surface area contributed by atoms with Gasteiger partial charge in [-0.05, 0) is 38.1 Å². The fraction of sp³-hybridized carbons (Fsp3) is 1.00. The van der Waals surface area contributed by atoms with Gasteiger partial charge in [0.05, 0.1) is 5.75 Å². The third kappa shape index (κ3) is 8.57. The first kappa shape index (κ1) is 16.9. The minimum Gasteiger partial charge on any atom is -0.381 e. The summed E-state index contributed by atoms with van der Waals surface area (Å²) in [7, 11) is -3.09. The normalized spacial score (nSPS) is 20.3. The van der Waals surface area contributed by atoms with Gasteiger partial charge >= 0.3 is 0 Å². The molecule has 0 amide bonds. The molecule has 1 aliphatic heterocycles. The third-order valence-corrected chi connectivity index (χ3v) is 4.76. The summed E-state index contributed by atoms with van der Waals surface area (Å²) in [4.78, 5) is 0. The van der Waals surface area contributed by atoms with Crippen LogP contribution in [0.1, 0.15) is 39.5 Å². The molecule has 114 valence electrons. The van der Waals surface area contributed by atoms with Gasteiger partial charge in [-0.1, -0.05) is 13.8 Å². The molecular formula is C13H28N2O3S. The molecule has 0 aliphatic carbocycles. The lowest BCUT2D eigenvalue weighted by molar-refractivity contribution is 0.184. The predicted molar refractivity (Wildman–Crippen MR) is 77.7 cm³/mol. The SMILES string of the molecule is CC(C)NCCCCS(=O)(=O)NCCC1CCOC1. The summed E-state index contributed by atoms with van der Waals surface area (Å²) in [6.45, 7) is 7.20. The summed E-state index contributed by atoms with van der Waals surface area (Å²) in [6, 6.07) is 0.461. The first-order chi connectivity index (χ1) is 8.99. The van der Waals surface area contributed by atoms with Crippen molar-refractivity contribution in [3.63, 3.8) is 0 Å². The van der Waals surface area contributed by atoms with Crippen molar-refractivity contribution in [2.75, 3.05) is 32.1 Å². The minimum atomic E-state index is -3.09. The standard InChI is InChI=1S/C13H28N2O3S/c1-12(2)14-7-3-4-10-19(16,17)15-8-5-13-6-9-18-11-13/h12-15H,3-11H2,1-2H3. The van der Waals surface area contributed by atoms with Crippen LogP contribution >= 0.6 is 0 Å².